The Morgan fingerprint density at radius 1 is 1.35 bits per heavy atom. The van der Waals surface area contributed by atoms with Crippen LogP contribution in [-0.4, -0.2) is 22.9 Å². The van der Waals surface area contributed by atoms with Crippen molar-refractivity contribution in [3.63, 3.8) is 0 Å². The van der Waals surface area contributed by atoms with Crippen molar-refractivity contribution in [3.05, 3.63) is 46.1 Å². The highest BCUT2D eigenvalue weighted by Gasteiger charge is 2.28. The smallest absolute Gasteiger partial charge is 0.326 e. The van der Waals surface area contributed by atoms with Crippen molar-refractivity contribution in [1.29, 1.82) is 5.26 Å². The fourth-order valence-corrected chi connectivity index (χ4v) is 2.15. The molecule has 1 atom stereocenters. The molecule has 0 aliphatic carbocycles. The number of nitrogens with one attached hydrogen (secondary N) is 1. The van der Waals surface area contributed by atoms with E-state index in [1.54, 1.807) is 12.1 Å². The number of benzene rings is 1. The van der Waals surface area contributed by atoms with Crippen LogP contribution in [0.4, 0.5) is 0 Å². The second kappa shape index (κ2) is 5.76. The number of nitriles is 1. The lowest BCUT2D eigenvalue weighted by Gasteiger charge is -2.07. The van der Waals surface area contributed by atoms with E-state index in [1.807, 2.05) is 6.07 Å². The average molecular weight is 291 g/mol. The largest absolute Gasteiger partial charge is 0.480 e. The number of carboxylic acid groups (broad SMARTS) is 1. The van der Waals surface area contributed by atoms with Crippen LogP contribution in [0.2, 0.25) is 5.02 Å². The molecular weight excluding hydrogens is 280 g/mol. The number of ketones is 1. The number of halogens is 1. The third-order valence-corrected chi connectivity index (χ3v) is 3.33. The van der Waals surface area contributed by atoms with E-state index in [0.29, 0.717) is 29.1 Å². The van der Waals surface area contributed by atoms with Crippen LogP contribution in [0.5, 0.6) is 0 Å². The molecule has 0 radical (unpaired) electrons. The van der Waals surface area contributed by atoms with Gasteiger partial charge in [-0.25, -0.2) is 4.79 Å². The van der Waals surface area contributed by atoms with Crippen molar-refractivity contribution in [2.45, 2.75) is 18.9 Å². The molecule has 1 aromatic rings. The van der Waals surface area contributed by atoms with E-state index in [2.05, 4.69) is 5.32 Å². The van der Waals surface area contributed by atoms with Gasteiger partial charge in [0.15, 0.2) is 0 Å². The van der Waals surface area contributed by atoms with E-state index in [1.165, 1.54) is 12.1 Å². The fourth-order valence-electron chi connectivity index (χ4n) is 2.03. The molecule has 1 heterocycles. The van der Waals surface area contributed by atoms with Gasteiger partial charge in [-0.15, -0.1) is 0 Å². The number of allylic oxidation sites excluding steroid dienone is 2. The van der Waals surface area contributed by atoms with Gasteiger partial charge in [-0.05, 0) is 37.1 Å². The minimum atomic E-state index is -0.990. The minimum Gasteiger partial charge on any atom is -0.480 e. The standard InChI is InChI=1S/C14H11ClN2O3/c15-9-3-1-8(2-4-9)13(18)10(7-16)11-5-6-12(17-11)14(19)20/h1-4,12,17H,5-6H2,(H,19,20)/t12-/m0/s1. The SMILES string of the molecule is N#CC(C(=O)c1ccc(Cl)cc1)=C1CC[C@@H](C(=O)O)N1. The van der Waals surface area contributed by atoms with Crippen molar-refractivity contribution in [2.24, 2.45) is 0 Å². The van der Waals surface area contributed by atoms with Crippen molar-refractivity contribution in [2.75, 3.05) is 0 Å². The molecule has 102 valence electrons. The first-order valence-corrected chi connectivity index (χ1v) is 6.33. The zero-order chi connectivity index (χ0) is 14.7. The lowest BCUT2D eigenvalue weighted by Crippen LogP contribution is -2.30. The maximum absolute atomic E-state index is 12.2. The summed E-state index contributed by atoms with van der Waals surface area (Å²) in [7, 11) is 0. The molecule has 1 aliphatic heterocycles. The summed E-state index contributed by atoms with van der Waals surface area (Å²) in [4.78, 5) is 23.1. The third-order valence-electron chi connectivity index (χ3n) is 3.08. The van der Waals surface area contributed by atoms with Crippen molar-refractivity contribution < 1.29 is 14.7 Å². The second-order valence-corrected chi connectivity index (χ2v) is 4.81. The summed E-state index contributed by atoms with van der Waals surface area (Å²) >= 11 is 5.74. The molecule has 0 aromatic heterocycles. The summed E-state index contributed by atoms with van der Waals surface area (Å²) in [5.74, 6) is -1.42. The van der Waals surface area contributed by atoms with Crippen LogP contribution in [0.3, 0.4) is 0 Å². The predicted octanol–water partition coefficient (Wildman–Crippen LogP) is 2.14. The van der Waals surface area contributed by atoms with E-state index >= 15 is 0 Å². The van der Waals surface area contributed by atoms with Crippen LogP contribution in [0.1, 0.15) is 23.2 Å². The molecule has 0 bridgehead atoms. The molecule has 0 saturated carbocycles. The average Bonchev–Trinajstić information content (AvgIpc) is 2.90. The van der Waals surface area contributed by atoms with Gasteiger partial charge in [0.2, 0.25) is 5.78 Å². The lowest BCUT2D eigenvalue weighted by atomic mass is 10.0. The van der Waals surface area contributed by atoms with E-state index in [9.17, 15) is 9.59 Å². The highest BCUT2D eigenvalue weighted by molar-refractivity contribution is 6.30. The van der Waals surface area contributed by atoms with Gasteiger partial charge >= 0.3 is 5.97 Å². The molecule has 6 heteroatoms. The highest BCUT2D eigenvalue weighted by Crippen LogP contribution is 2.22. The van der Waals surface area contributed by atoms with Gasteiger partial charge in [0, 0.05) is 16.3 Å². The molecule has 0 unspecified atom stereocenters. The minimum absolute atomic E-state index is 0.0453. The predicted molar refractivity (Wildman–Crippen MR) is 72.2 cm³/mol. The molecule has 1 saturated heterocycles. The van der Waals surface area contributed by atoms with Crippen LogP contribution in [0, 0.1) is 11.3 Å². The molecule has 5 nitrogen and oxygen atoms in total. The molecule has 20 heavy (non-hydrogen) atoms. The van der Waals surface area contributed by atoms with Crippen molar-refractivity contribution >= 4 is 23.4 Å². The monoisotopic (exact) mass is 290 g/mol. The number of hydrogen-bond acceptors (Lipinski definition) is 4. The molecular formula is C14H11ClN2O3. The van der Waals surface area contributed by atoms with Gasteiger partial charge in [0.05, 0.1) is 0 Å². The number of carbonyl (C=O) groups is 2. The number of Topliss-reactive ketones (excluding diaryl/α,β-unsaturated/α-hetero) is 1. The molecule has 0 spiro atoms. The number of hydrogen-bond donors (Lipinski definition) is 2. The normalized spacial score (nSPS) is 19.9. The third kappa shape index (κ3) is 2.81. The van der Waals surface area contributed by atoms with Gasteiger partial charge in [-0.1, -0.05) is 11.6 Å². The first-order valence-electron chi connectivity index (χ1n) is 5.95. The van der Waals surface area contributed by atoms with Crippen molar-refractivity contribution in [1.82, 2.24) is 5.32 Å². The molecule has 2 rings (SSSR count). The summed E-state index contributed by atoms with van der Waals surface area (Å²) in [5.41, 5.74) is 0.690. The number of nitrogens with zero attached hydrogens (tertiary/aromatic N) is 1. The van der Waals surface area contributed by atoms with Crippen molar-refractivity contribution in [3.8, 4) is 6.07 Å². The molecule has 2 N–H and O–H groups in total. The molecule has 1 aromatic carbocycles. The number of carbonyl (C=O) groups excluding carboxylic acids is 1. The summed E-state index contributed by atoms with van der Waals surface area (Å²) < 4.78 is 0. The Bertz CT molecular complexity index is 629. The molecule has 0 amide bonds. The molecule has 1 fully saturated rings. The summed E-state index contributed by atoms with van der Waals surface area (Å²) in [6, 6.07) is 7.31. The Morgan fingerprint density at radius 2 is 2.00 bits per heavy atom. The van der Waals surface area contributed by atoms with Gasteiger partial charge < -0.3 is 10.4 Å². The van der Waals surface area contributed by atoms with Crippen LogP contribution in [-0.2, 0) is 4.79 Å². The Hall–Kier alpha value is -2.32. The van der Waals surface area contributed by atoms with Crippen LogP contribution >= 0.6 is 11.6 Å². The lowest BCUT2D eigenvalue weighted by molar-refractivity contribution is -0.138. The zero-order valence-electron chi connectivity index (χ0n) is 10.4. The number of carboxylic acids is 1. The number of aliphatic carboxylic acids is 1. The van der Waals surface area contributed by atoms with Gasteiger partial charge in [0.25, 0.3) is 0 Å². The Labute approximate surface area is 120 Å². The summed E-state index contributed by atoms with van der Waals surface area (Å²) in [6.07, 6.45) is 0.739. The molecule has 1 aliphatic rings. The van der Waals surface area contributed by atoms with Gasteiger partial charge in [-0.3, -0.25) is 4.79 Å². The summed E-state index contributed by atoms with van der Waals surface area (Å²) in [5, 5.41) is 21.3. The Kier molecular flexibility index (Phi) is 4.06. The maximum atomic E-state index is 12.2. The second-order valence-electron chi connectivity index (χ2n) is 4.38. The van der Waals surface area contributed by atoms with Crippen LogP contribution in [0.15, 0.2) is 35.5 Å². The van der Waals surface area contributed by atoms with E-state index < -0.39 is 17.8 Å². The highest BCUT2D eigenvalue weighted by atomic mass is 35.5. The first kappa shape index (κ1) is 14.1. The Balaban J connectivity index is 2.29. The van der Waals surface area contributed by atoms with Crippen LogP contribution in [0.25, 0.3) is 0 Å². The Morgan fingerprint density at radius 3 is 2.50 bits per heavy atom. The van der Waals surface area contributed by atoms with Gasteiger partial charge in [-0.2, -0.15) is 5.26 Å². The van der Waals surface area contributed by atoms with E-state index in [-0.39, 0.29) is 5.57 Å². The maximum Gasteiger partial charge on any atom is 0.326 e. The van der Waals surface area contributed by atoms with Crippen LogP contribution < -0.4 is 5.32 Å². The fraction of sp³-hybridized carbons (Fsp3) is 0.214. The van der Waals surface area contributed by atoms with Gasteiger partial charge in [0.1, 0.15) is 17.7 Å². The number of rotatable bonds is 3. The zero-order valence-corrected chi connectivity index (χ0v) is 11.1. The van der Waals surface area contributed by atoms with E-state index in [4.69, 9.17) is 22.0 Å². The quantitative estimate of drug-likeness (QED) is 0.506. The topological polar surface area (TPSA) is 90.2 Å². The first-order chi connectivity index (χ1) is 9.52. The summed E-state index contributed by atoms with van der Waals surface area (Å²) in [6.45, 7) is 0. The van der Waals surface area contributed by atoms with E-state index in [0.717, 1.165) is 0 Å².